The van der Waals surface area contributed by atoms with Gasteiger partial charge in [-0.1, -0.05) is 12.7 Å². The van der Waals surface area contributed by atoms with Crippen LogP contribution in [0.2, 0.25) is 0 Å². The first-order chi connectivity index (χ1) is 6.07. The van der Waals surface area contributed by atoms with Crippen molar-refractivity contribution < 1.29 is 19.4 Å². The molecule has 6 nitrogen and oxygen atoms in total. The van der Waals surface area contributed by atoms with Gasteiger partial charge in [-0.3, -0.25) is 4.79 Å². The highest BCUT2D eigenvalue weighted by Crippen LogP contribution is 1.80. The van der Waals surface area contributed by atoms with Gasteiger partial charge in [0.05, 0.1) is 0 Å². The van der Waals surface area contributed by atoms with E-state index in [0.717, 1.165) is 0 Å². The molecule has 0 saturated heterocycles. The maximum atomic E-state index is 10.7. The maximum absolute atomic E-state index is 10.7. The summed E-state index contributed by atoms with van der Waals surface area (Å²) in [6.07, 6.45) is 0.688. The predicted molar refractivity (Wildman–Crippen MR) is 62.8 cm³/mol. The molecule has 1 atom stereocenters. The summed E-state index contributed by atoms with van der Waals surface area (Å²) in [4.78, 5) is 20.9. The molecule has 0 aromatic carbocycles. The highest BCUT2D eigenvalue weighted by atomic mass is 35.5. The molecule has 4 N–H and O–H groups in total. The Labute approximate surface area is 101 Å². The van der Waals surface area contributed by atoms with Gasteiger partial charge in [0.25, 0.3) is 0 Å². The molecule has 0 rings (SSSR count). The number of halogens is 1. The molecule has 0 aliphatic heterocycles. The zero-order chi connectivity index (χ0) is 10.3. The topological polar surface area (TPSA) is 102 Å². The van der Waals surface area contributed by atoms with Crippen molar-refractivity contribution in [1.29, 1.82) is 0 Å². The van der Waals surface area contributed by atoms with Crippen LogP contribution in [0, 0.1) is 0 Å². The van der Waals surface area contributed by atoms with Gasteiger partial charge >= 0.3 is 12.1 Å². The Bertz CT molecular complexity index is 215. The number of rotatable bonds is 5. The molecule has 15 heavy (non-hydrogen) atoms. The van der Waals surface area contributed by atoms with E-state index in [1.807, 2.05) is 0 Å². The summed E-state index contributed by atoms with van der Waals surface area (Å²) in [6, 6.07) is -1.11. The third-order valence-corrected chi connectivity index (χ3v) is 1.12. The summed E-state index contributed by atoms with van der Waals surface area (Å²) in [5.74, 6) is -1.18. The van der Waals surface area contributed by atoms with Crippen LogP contribution in [0.5, 0.6) is 0 Å². The molecule has 0 unspecified atom stereocenters. The van der Waals surface area contributed by atoms with E-state index in [4.69, 9.17) is 10.8 Å². The number of carbonyl (C=O) groups is 2. The minimum absolute atomic E-state index is 0. The van der Waals surface area contributed by atoms with Gasteiger partial charge in [0.15, 0.2) is 0 Å². The Balaban J connectivity index is -0.000000720. The zero-order valence-electron chi connectivity index (χ0n) is 7.93. The molecule has 0 aromatic rings. The van der Waals surface area contributed by atoms with Crippen LogP contribution in [-0.4, -0.2) is 36.4 Å². The lowest BCUT2D eigenvalue weighted by atomic mass is 10.3. The SMILES string of the molecule is C=CCOC(=O)NC[C@H](N)C(=O)O.Cl.S. The van der Waals surface area contributed by atoms with Crippen molar-refractivity contribution in [2.75, 3.05) is 13.2 Å². The van der Waals surface area contributed by atoms with Crippen molar-refractivity contribution in [3.63, 3.8) is 0 Å². The second kappa shape index (κ2) is 11.2. The van der Waals surface area contributed by atoms with E-state index in [9.17, 15) is 9.59 Å². The summed E-state index contributed by atoms with van der Waals surface area (Å²) in [5.41, 5.74) is 5.10. The van der Waals surface area contributed by atoms with Crippen molar-refractivity contribution in [2.24, 2.45) is 5.73 Å². The largest absolute Gasteiger partial charge is 0.480 e. The van der Waals surface area contributed by atoms with Crippen molar-refractivity contribution in [1.82, 2.24) is 5.32 Å². The average Bonchev–Trinajstić information content (AvgIpc) is 2.10. The molecule has 0 spiro atoms. The van der Waals surface area contributed by atoms with E-state index in [0.29, 0.717) is 0 Å². The fourth-order valence-electron chi connectivity index (χ4n) is 0.466. The Hall–Kier alpha value is -0.920. The summed E-state index contributed by atoms with van der Waals surface area (Å²) in [5, 5.41) is 10.5. The Morgan fingerprint density at radius 1 is 1.60 bits per heavy atom. The summed E-state index contributed by atoms with van der Waals surface area (Å²) >= 11 is 0. The van der Waals surface area contributed by atoms with Crippen LogP contribution in [0.25, 0.3) is 0 Å². The van der Waals surface area contributed by atoms with E-state index < -0.39 is 18.1 Å². The van der Waals surface area contributed by atoms with Crippen molar-refractivity contribution in [3.05, 3.63) is 12.7 Å². The zero-order valence-corrected chi connectivity index (χ0v) is 9.75. The van der Waals surface area contributed by atoms with Crippen LogP contribution in [-0.2, 0) is 9.53 Å². The lowest BCUT2D eigenvalue weighted by molar-refractivity contribution is -0.138. The number of hydrogen-bond acceptors (Lipinski definition) is 4. The number of ether oxygens (including phenoxy) is 1. The van der Waals surface area contributed by atoms with Crippen LogP contribution < -0.4 is 11.1 Å². The number of hydrogen-bond donors (Lipinski definition) is 3. The minimum Gasteiger partial charge on any atom is -0.480 e. The molecule has 0 aliphatic rings. The summed E-state index contributed by atoms with van der Waals surface area (Å²) in [6.45, 7) is 3.25. The standard InChI is InChI=1S/C7H12N2O4.ClH.H2S/c1-2-3-13-7(12)9-4-5(8)6(10)11;;/h2,5H,1,3-4,8H2,(H,9,12)(H,10,11);1H;1H2/t5-;;/m0../s1. The van der Waals surface area contributed by atoms with E-state index in [1.54, 1.807) is 0 Å². The lowest BCUT2D eigenvalue weighted by Gasteiger charge is -2.07. The van der Waals surface area contributed by atoms with Gasteiger partial charge in [0, 0.05) is 6.54 Å². The quantitative estimate of drug-likeness (QED) is 0.595. The Morgan fingerprint density at radius 3 is 2.53 bits per heavy atom. The van der Waals surface area contributed by atoms with Gasteiger partial charge in [0.2, 0.25) is 0 Å². The van der Waals surface area contributed by atoms with Gasteiger partial charge in [-0.05, 0) is 0 Å². The first-order valence-corrected chi connectivity index (χ1v) is 3.57. The number of amides is 1. The van der Waals surface area contributed by atoms with Crippen LogP contribution in [0.3, 0.4) is 0 Å². The maximum Gasteiger partial charge on any atom is 0.407 e. The van der Waals surface area contributed by atoms with Crippen molar-refractivity contribution >= 4 is 38.0 Å². The van der Waals surface area contributed by atoms with Gasteiger partial charge in [-0.25, -0.2) is 4.79 Å². The van der Waals surface area contributed by atoms with E-state index >= 15 is 0 Å². The van der Waals surface area contributed by atoms with Gasteiger partial charge in [-0.2, -0.15) is 13.5 Å². The number of nitrogens with one attached hydrogen (secondary N) is 1. The van der Waals surface area contributed by atoms with Gasteiger partial charge in [-0.15, -0.1) is 12.4 Å². The number of carbonyl (C=O) groups excluding carboxylic acids is 1. The van der Waals surface area contributed by atoms with Crippen LogP contribution >= 0.6 is 25.9 Å². The highest BCUT2D eigenvalue weighted by Gasteiger charge is 2.12. The number of carboxylic acid groups (broad SMARTS) is 1. The highest BCUT2D eigenvalue weighted by molar-refractivity contribution is 7.59. The average molecular weight is 259 g/mol. The molecular weight excluding hydrogens is 244 g/mol. The van der Waals surface area contributed by atoms with Crippen LogP contribution in [0.15, 0.2) is 12.7 Å². The molecule has 0 bridgehead atoms. The van der Waals surface area contributed by atoms with Crippen molar-refractivity contribution in [2.45, 2.75) is 6.04 Å². The molecule has 1 amide bonds. The molecule has 0 saturated carbocycles. The normalized spacial score (nSPS) is 9.93. The number of carboxylic acids is 1. The first kappa shape index (κ1) is 19.6. The van der Waals surface area contributed by atoms with E-state index in [-0.39, 0.29) is 39.1 Å². The predicted octanol–water partition coefficient (Wildman–Crippen LogP) is -0.155. The number of alkyl carbamates (subject to hydrolysis) is 1. The monoisotopic (exact) mass is 258 g/mol. The summed E-state index contributed by atoms with van der Waals surface area (Å²) < 4.78 is 4.50. The molecule has 0 aromatic heterocycles. The van der Waals surface area contributed by atoms with E-state index in [2.05, 4.69) is 16.6 Å². The van der Waals surface area contributed by atoms with Crippen LogP contribution in [0.4, 0.5) is 4.79 Å². The van der Waals surface area contributed by atoms with Gasteiger partial charge < -0.3 is 20.9 Å². The number of nitrogens with two attached hydrogens (primary N) is 1. The van der Waals surface area contributed by atoms with Gasteiger partial charge in [0.1, 0.15) is 12.6 Å². The molecule has 90 valence electrons. The Kier molecular flexibility index (Phi) is 14.6. The molecule has 8 heteroatoms. The third kappa shape index (κ3) is 11.0. The van der Waals surface area contributed by atoms with E-state index in [1.165, 1.54) is 6.08 Å². The Morgan fingerprint density at radius 2 is 2.13 bits per heavy atom. The fourth-order valence-corrected chi connectivity index (χ4v) is 0.466. The molecule has 0 aliphatic carbocycles. The second-order valence-corrected chi connectivity index (χ2v) is 2.21. The fraction of sp³-hybridized carbons (Fsp3) is 0.429. The molecule has 0 fully saturated rings. The number of aliphatic carboxylic acids is 1. The molecule has 0 heterocycles. The first-order valence-electron chi connectivity index (χ1n) is 3.57. The second-order valence-electron chi connectivity index (χ2n) is 2.21. The molecule has 0 radical (unpaired) electrons. The third-order valence-electron chi connectivity index (χ3n) is 1.12. The summed E-state index contributed by atoms with van der Waals surface area (Å²) in [7, 11) is 0. The van der Waals surface area contributed by atoms with Crippen molar-refractivity contribution in [3.8, 4) is 0 Å². The molecular formula is C7H15ClN2O4S. The minimum atomic E-state index is -1.18. The van der Waals surface area contributed by atoms with Crippen LogP contribution in [0.1, 0.15) is 0 Å². The lowest BCUT2D eigenvalue weighted by Crippen LogP contribution is -2.42. The smallest absolute Gasteiger partial charge is 0.407 e.